The maximum absolute atomic E-state index is 6.36. The molecule has 0 bridgehead atoms. The van der Waals surface area contributed by atoms with Crippen LogP contribution >= 0.6 is 53.0 Å². The van der Waals surface area contributed by atoms with Crippen LogP contribution in [0.1, 0.15) is 120 Å². The summed E-state index contributed by atoms with van der Waals surface area (Å²) in [6.45, 7) is 24.1. The minimum Gasteiger partial charge on any atom is -0.374 e. The van der Waals surface area contributed by atoms with E-state index in [4.69, 9.17) is 39.8 Å². The molecule has 17 heteroatoms. The molecule has 2 atom stereocenters. The zero-order chi connectivity index (χ0) is 39.2. The third-order valence-electron chi connectivity index (χ3n) is 9.38. The molecule has 1 rings (SSSR count). The van der Waals surface area contributed by atoms with Gasteiger partial charge in [0.1, 0.15) is 0 Å². The van der Waals surface area contributed by atoms with Crippen LogP contribution in [0.3, 0.4) is 0 Å². The Morgan fingerprint density at radius 1 is 0.453 bits per heavy atom. The second-order valence-corrected chi connectivity index (χ2v) is 28.2. The molecule has 0 N–H and O–H groups in total. The SMILES string of the molecule is CCO[Si](CCCSSCCC1CCCCC1(CCSSSCCC[Si](OCC)(OCC)OCC)CC[Si](OCC)(OCC)OCC)(OCC)OCC. The summed E-state index contributed by atoms with van der Waals surface area (Å²) in [7, 11) is 2.13. The number of hydrogen-bond donors (Lipinski definition) is 0. The van der Waals surface area contributed by atoms with Crippen molar-refractivity contribution in [3.63, 3.8) is 0 Å². The first-order chi connectivity index (χ1) is 25.8. The molecule has 1 aliphatic rings. The van der Waals surface area contributed by atoms with E-state index in [2.05, 4.69) is 20.8 Å². The zero-order valence-corrected chi connectivity index (χ0v) is 42.1. The molecular formula is C36H78O9S5Si3. The van der Waals surface area contributed by atoms with E-state index >= 15 is 0 Å². The molecule has 0 aromatic carbocycles. The Bertz CT molecular complexity index is 813. The van der Waals surface area contributed by atoms with Gasteiger partial charge in [0.05, 0.1) is 0 Å². The van der Waals surface area contributed by atoms with Crippen LogP contribution in [0.2, 0.25) is 18.1 Å². The van der Waals surface area contributed by atoms with E-state index in [0.29, 0.717) is 70.8 Å². The van der Waals surface area contributed by atoms with Gasteiger partial charge in [-0.05, 0) is 128 Å². The van der Waals surface area contributed by atoms with E-state index in [0.717, 1.165) is 54.7 Å². The smallest absolute Gasteiger partial charge is 0.374 e. The minimum absolute atomic E-state index is 0.292. The first kappa shape index (κ1) is 53.1. The first-order valence-corrected chi connectivity index (χ1v) is 32.8. The Hall–Kier alpha value is 2.04. The Labute approximate surface area is 349 Å². The Morgan fingerprint density at radius 2 is 0.849 bits per heavy atom. The van der Waals surface area contributed by atoms with Gasteiger partial charge in [-0.1, -0.05) is 56.0 Å². The van der Waals surface area contributed by atoms with E-state index < -0.39 is 26.4 Å². The monoisotopic (exact) mass is 898 g/mol. The highest BCUT2D eigenvalue weighted by Gasteiger charge is 2.47. The van der Waals surface area contributed by atoms with Gasteiger partial charge in [-0.25, -0.2) is 0 Å². The normalized spacial score (nSPS) is 18.6. The molecule has 0 spiro atoms. The summed E-state index contributed by atoms with van der Waals surface area (Å²) in [4.78, 5) is 0. The standard InChI is InChI=1S/C36H78O9S5Si3/c1-10-37-51(38-11-2,39-12-3)32-21-28-46-47-30-24-35-23-19-20-25-36(35,27-34-53(43-16-7,44-17-8)45-18-9)26-31-49-50-48-29-22-33-52(40-13-4,41-14-5)42-15-6/h35H,10-34H2,1-9H3. The van der Waals surface area contributed by atoms with E-state index in [-0.39, 0.29) is 0 Å². The maximum Gasteiger partial charge on any atom is 0.500 e. The van der Waals surface area contributed by atoms with Gasteiger partial charge in [0, 0.05) is 101 Å². The number of rotatable bonds is 38. The molecule has 1 fully saturated rings. The van der Waals surface area contributed by atoms with Crippen molar-refractivity contribution in [1.29, 1.82) is 0 Å². The van der Waals surface area contributed by atoms with Crippen molar-refractivity contribution in [2.24, 2.45) is 11.3 Å². The van der Waals surface area contributed by atoms with Crippen LogP contribution in [0.4, 0.5) is 0 Å². The van der Waals surface area contributed by atoms with Gasteiger partial charge < -0.3 is 39.8 Å². The average molecular weight is 900 g/mol. The first-order valence-electron chi connectivity index (χ1n) is 20.7. The zero-order valence-electron chi connectivity index (χ0n) is 35.0. The molecule has 0 aromatic heterocycles. The molecule has 53 heavy (non-hydrogen) atoms. The molecule has 0 aromatic rings. The lowest BCUT2D eigenvalue weighted by Crippen LogP contribution is -2.48. The van der Waals surface area contributed by atoms with Crippen LogP contribution in [0.15, 0.2) is 0 Å². The largest absolute Gasteiger partial charge is 0.500 e. The lowest BCUT2D eigenvalue weighted by molar-refractivity contribution is 0.0477. The average Bonchev–Trinajstić information content (AvgIpc) is 3.13. The van der Waals surface area contributed by atoms with Crippen molar-refractivity contribution in [3.8, 4) is 0 Å². The van der Waals surface area contributed by atoms with Gasteiger partial charge in [0.25, 0.3) is 0 Å². The van der Waals surface area contributed by atoms with Gasteiger partial charge in [-0.15, -0.1) is 0 Å². The fourth-order valence-corrected chi connectivity index (χ4v) is 22.1. The summed E-state index contributed by atoms with van der Waals surface area (Å²) in [6.07, 6.45) is 11.0. The van der Waals surface area contributed by atoms with Crippen LogP contribution in [0.5, 0.6) is 0 Å². The lowest BCUT2D eigenvalue weighted by Gasteiger charge is -2.46. The second kappa shape index (κ2) is 32.8. The fraction of sp³-hybridized carbons (Fsp3) is 1.00. The van der Waals surface area contributed by atoms with E-state index in [1.165, 1.54) is 44.3 Å². The molecule has 2 unspecified atom stereocenters. The van der Waals surface area contributed by atoms with Crippen molar-refractivity contribution in [2.45, 2.75) is 138 Å². The second-order valence-electron chi connectivity index (χ2n) is 12.9. The lowest BCUT2D eigenvalue weighted by atomic mass is 9.62. The van der Waals surface area contributed by atoms with Crippen LogP contribution in [-0.4, -0.2) is 109 Å². The van der Waals surface area contributed by atoms with Crippen molar-refractivity contribution < 1.29 is 39.8 Å². The Kier molecular flexibility index (Phi) is 32.9. The van der Waals surface area contributed by atoms with E-state index in [1.807, 2.05) is 94.5 Å². The highest BCUT2D eigenvalue weighted by Crippen LogP contribution is 2.52. The van der Waals surface area contributed by atoms with Crippen molar-refractivity contribution >= 4 is 79.4 Å². The predicted molar refractivity (Wildman–Crippen MR) is 241 cm³/mol. The van der Waals surface area contributed by atoms with Gasteiger partial charge in [0.2, 0.25) is 0 Å². The summed E-state index contributed by atoms with van der Waals surface area (Å²) in [5.74, 6) is 5.20. The van der Waals surface area contributed by atoms with Crippen molar-refractivity contribution in [1.82, 2.24) is 0 Å². The molecule has 9 nitrogen and oxygen atoms in total. The molecule has 1 saturated carbocycles. The topological polar surface area (TPSA) is 83.1 Å². The Morgan fingerprint density at radius 3 is 1.30 bits per heavy atom. The van der Waals surface area contributed by atoms with Crippen LogP contribution in [0, 0.1) is 11.3 Å². The summed E-state index contributed by atoms with van der Waals surface area (Å²) >= 11 is 0. The predicted octanol–water partition coefficient (Wildman–Crippen LogP) is 11.7. The molecule has 0 radical (unpaired) electrons. The van der Waals surface area contributed by atoms with Gasteiger partial charge in [0.15, 0.2) is 0 Å². The van der Waals surface area contributed by atoms with Crippen LogP contribution in [-0.2, 0) is 39.8 Å². The van der Waals surface area contributed by atoms with Crippen molar-refractivity contribution in [3.05, 3.63) is 0 Å². The quantitative estimate of drug-likeness (QED) is 0.0335. The third kappa shape index (κ3) is 21.2. The van der Waals surface area contributed by atoms with Crippen LogP contribution in [0.25, 0.3) is 0 Å². The summed E-state index contributed by atoms with van der Waals surface area (Å²) < 4.78 is 55.5. The summed E-state index contributed by atoms with van der Waals surface area (Å²) in [5, 5.41) is 0. The van der Waals surface area contributed by atoms with Gasteiger partial charge in [-0.2, -0.15) is 0 Å². The molecule has 0 saturated heterocycles. The van der Waals surface area contributed by atoms with Crippen molar-refractivity contribution in [2.75, 3.05) is 82.5 Å². The maximum atomic E-state index is 6.36. The molecule has 318 valence electrons. The molecule has 0 heterocycles. The highest BCUT2D eigenvalue weighted by atomic mass is 33.5. The molecule has 0 aliphatic heterocycles. The summed E-state index contributed by atoms with van der Waals surface area (Å²) in [5.41, 5.74) is 0.292. The number of hydrogen-bond acceptors (Lipinski definition) is 14. The summed E-state index contributed by atoms with van der Waals surface area (Å²) in [6, 6.07) is 2.67. The van der Waals surface area contributed by atoms with Crippen LogP contribution < -0.4 is 0 Å². The van der Waals surface area contributed by atoms with Gasteiger partial charge in [-0.3, -0.25) is 0 Å². The van der Waals surface area contributed by atoms with Gasteiger partial charge >= 0.3 is 26.4 Å². The van der Waals surface area contributed by atoms with E-state index in [9.17, 15) is 0 Å². The molecule has 0 amide bonds. The third-order valence-corrected chi connectivity index (χ3v) is 25.6. The molecule has 1 aliphatic carbocycles. The van der Waals surface area contributed by atoms with E-state index in [1.54, 1.807) is 0 Å². The highest BCUT2D eigenvalue weighted by molar-refractivity contribution is 9.09. The Balaban J connectivity index is 2.84. The fourth-order valence-electron chi connectivity index (χ4n) is 7.37. The minimum atomic E-state index is -2.73. The molecular weight excluding hydrogens is 821 g/mol.